The Bertz CT molecular complexity index is 880. The van der Waals surface area contributed by atoms with Crippen LogP contribution < -0.4 is 5.32 Å². The summed E-state index contributed by atoms with van der Waals surface area (Å²) in [6, 6.07) is 15.5. The minimum absolute atomic E-state index is 0.101. The number of allylic oxidation sites excluding steroid dienone is 1. The number of benzene rings is 2. The zero-order chi connectivity index (χ0) is 17.2. The second-order valence-electron chi connectivity index (χ2n) is 7.06. The fourth-order valence-corrected chi connectivity index (χ4v) is 2.43. The second kappa shape index (κ2) is 6.36. The van der Waals surface area contributed by atoms with E-state index in [1.807, 2.05) is 54.7 Å². The van der Waals surface area contributed by atoms with Crippen LogP contribution in [0.15, 0.2) is 60.8 Å². The lowest BCUT2D eigenvalue weighted by molar-refractivity contribution is 0.102. The Hall–Kier alpha value is -2.81. The van der Waals surface area contributed by atoms with Crippen LogP contribution >= 0.6 is 0 Å². The van der Waals surface area contributed by atoms with Gasteiger partial charge in [-0.05, 0) is 47.4 Å². The Morgan fingerprint density at radius 3 is 2.50 bits per heavy atom. The van der Waals surface area contributed by atoms with Gasteiger partial charge in [0, 0.05) is 28.4 Å². The number of fused-ring (bicyclic) bond motifs is 1. The second-order valence-corrected chi connectivity index (χ2v) is 7.06. The van der Waals surface area contributed by atoms with Crippen LogP contribution in [0.2, 0.25) is 0 Å². The first-order valence-electron chi connectivity index (χ1n) is 8.08. The molecule has 0 bridgehead atoms. The summed E-state index contributed by atoms with van der Waals surface area (Å²) in [7, 11) is 0. The number of rotatable bonds is 3. The lowest BCUT2D eigenvalue weighted by Gasteiger charge is -2.11. The lowest BCUT2D eigenvalue weighted by Crippen LogP contribution is -2.11. The largest absolute Gasteiger partial charge is 0.361 e. The van der Waals surface area contributed by atoms with Gasteiger partial charge in [0.1, 0.15) is 0 Å². The Labute approximate surface area is 142 Å². The normalized spacial score (nSPS) is 12.0. The number of amides is 1. The molecule has 122 valence electrons. The molecule has 3 aromatic rings. The van der Waals surface area contributed by atoms with Crippen molar-refractivity contribution in [1.82, 2.24) is 4.98 Å². The molecule has 0 aliphatic heterocycles. The highest BCUT2D eigenvalue weighted by molar-refractivity contribution is 6.05. The van der Waals surface area contributed by atoms with E-state index in [4.69, 9.17) is 0 Å². The highest BCUT2D eigenvalue weighted by Crippen LogP contribution is 2.19. The van der Waals surface area contributed by atoms with E-state index in [-0.39, 0.29) is 11.3 Å². The molecular weight excluding hydrogens is 296 g/mol. The highest BCUT2D eigenvalue weighted by Gasteiger charge is 2.07. The van der Waals surface area contributed by atoms with Gasteiger partial charge >= 0.3 is 0 Å². The first kappa shape index (κ1) is 16.1. The number of aromatic nitrogens is 1. The fourth-order valence-electron chi connectivity index (χ4n) is 2.43. The van der Waals surface area contributed by atoms with Crippen LogP contribution in [0.25, 0.3) is 17.0 Å². The zero-order valence-corrected chi connectivity index (χ0v) is 14.3. The van der Waals surface area contributed by atoms with E-state index >= 15 is 0 Å². The monoisotopic (exact) mass is 318 g/mol. The van der Waals surface area contributed by atoms with Gasteiger partial charge in [0.15, 0.2) is 0 Å². The molecule has 2 aromatic carbocycles. The lowest BCUT2D eigenvalue weighted by atomic mass is 9.95. The van der Waals surface area contributed by atoms with E-state index in [1.165, 1.54) is 0 Å². The molecule has 2 N–H and O–H groups in total. The number of aromatic amines is 1. The molecule has 0 saturated carbocycles. The van der Waals surface area contributed by atoms with E-state index in [9.17, 15) is 4.79 Å². The van der Waals surface area contributed by atoms with E-state index in [1.54, 1.807) is 0 Å². The third-order valence-corrected chi connectivity index (χ3v) is 3.76. The number of carbonyl (C=O) groups is 1. The Morgan fingerprint density at radius 1 is 1.04 bits per heavy atom. The molecule has 24 heavy (non-hydrogen) atoms. The van der Waals surface area contributed by atoms with Gasteiger partial charge in [-0.3, -0.25) is 4.79 Å². The summed E-state index contributed by atoms with van der Waals surface area (Å²) in [4.78, 5) is 15.5. The Morgan fingerprint density at radius 2 is 1.79 bits per heavy atom. The van der Waals surface area contributed by atoms with E-state index in [2.05, 4.69) is 43.2 Å². The number of H-pyrrole nitrogens is 1. The summed E-state index contributed by atoms with van der Waals surface area (Å²) in [5, 5.41) is 4.02. The first-order valence-corrected chi connectivity index (χ1v) is 8.08. The summed E-state index contributed by atoms with van der Waals surface area (Å²) in [5.41, 5.74) is 3.74. The Kier molecular flexibility index (Phi) is 4.26. The average molecular weight is 318 g/mol. The van der Waals surface area contributed by atoms with Gasteiger partial charge in [-0.2, -0.15) is 0 Å². The van der Waals surface area contributed by atoms with Crippen molar-refractivity contribution in [3.8, 4) is 0 Å². The maximum absolute atomic E-state index is 12.4. The molecule has 0 spiro atoms. The quantitative estimate of drug-likeness (QED) is 0.660. The maximum Gasteiger partial charge on any atom is 0.255 e. The van der Waals surface area contributed by atoms with Crippen LogP contribution in [0.1, 0.15) is 36.7 Å². The van der Waals surface area contributed by atoms with Crippen molar-refractivity contribution in [2.75, 3.05) is 5.32 Å². The van der Waals surface area contributed by atoms with Crippen LogP contribution in [0.5, 0.6) is 0 Å². The minimum atomic E-state index is -0.101. The standard InChI is InChI=1S/C21H22N2O/c1-21(2,3)12-10-15-4-6-16(7-5-15)20(24)23-18-8-9-19-17(14-18)11-13-22-19/h4-14,22H,1-3H3,(H,23,24). The third-order valence-electron chi connectivity index (χ3n) is 3.76. The van der Waals surface area contributed by atoms with Crippen LogP contribution in [0.3, 0.4) is 0 Å². The van der Waals surface area contributed by atoms with Crippen molar-refractivity contribution in [2.45, 2.75) is 20.8 Å². The van der Waals surface area contributed by atoms with Gasteiger partial charge in [-0.25, -0.2) is 0 Å². The van der Waals surface area contributed by atoms with Gasteiger partial charge in [0.2, 0.25) is 0 Å². The summed E-state index contributed by atoms with van der Waals surface area (Å²) >= 11 is 0. The molecule has 1 heterocycles. The predicted molar refractivity (Wildman–Crippen MR) is 101 cm³/mol. The number of hydrogen-bond acceptors (Lipinski definition) is 1. The Balaban J connectivity index is 1.71. The molecule has 0 saturated heterocycles. The van der Waals surface area contributed by atoms with Crippen molar-refractivity contribution in [1.29, 1.82) is 0 Å². The zero-order valence-electron chi connectivity index (χ0n) is 14.3. The summed E-state index contributed by atoms with van der Waals surface area (Å²) in [6.45, 7) is 6.48. The van der Waals surface area contributed by atoms with Gasteiger partial charge in [-0.1, -0.05) is 45.1 Å². The smallest absolute Gasteiger partial charge is 0.255 e. The number of nitrogens with one attached hydrogen (secondary N) is 2. The minimum Gasteiger partial charge on any atom is -0.361 e. The molecule has 0 atom stereocenters. The summed E-state index contributed by atoms with van der Waals surface area (Å²) in [5.74, 6) is -0.101. The molecule has 3 nitrogen and oxygen atoms in total. The SMILES string of the molecule is CC(C)(C)C=Cc1ccc(C(=O)Nc2ccc3[nH]ccc3c2)cc1. The average Bonchev–Trinajstić information content (AvgIpc) is 3.00. The maximum atomic E-state index is 12.4. The van der Waals surface area contributed by atoms with Crippen molar-refractivity contribution >= 4 is 28.6 Å². The van der Waals surface area contributed by atoms with Crippen LogP contribution in [-0.4, -0.2) is 10.9 Å². The first-order chi connectivity index (χ1) is 11.4. The van der Waals surface area contributed by atoms with E-state index in [0.717, 1.165) is 22.2 Å². The van der Waals surface area contributed by atoms with Crippen molar-refractivity contribution < 1.29 is 4.79 Å². The molecule has 1 aromatic heterocycles. The molecule has 0 unspecified atom stereocenters. The number of hydrogen-bond donors (Lipinski definition) is 2. The molecule has 0 radical (unpaired) electrons. The molecule has 0 aliphatic carbocycles. The van der Waals surface area contributed by atoms with Crippen LogP contribution in [-0.2, 0) is 0 Å². The molecule has 0 fully saturated rings. The van der Waals surface area contributed by atoms with Gasteiger partial charge in [0.05, 0.1) is 0 Å². The van der Waals surface area contributed by atoms with Crippen LogP contribution in [0, 0.1) is 5.41 Å². The summed E-state index contributed by atoms with van der Waals surface area (Å²) in [6.07, 6.45) is 6.13. The van der Waals surface area contributed by atoms with Crippen molar-refractivity contribution in [3.05, 3.63) is 71.9 Å². The number of anilines is 1. The van der Waals surface area contributed by atoms with Gasteiger partial charge in [0.25, 0.3) is 5.91 Å². The van der Waals surface area contributed by atoms with Crippen LogP contribution in [0.4, 0.5) is 5.69 Å². The molecular formula is C21H22N2O. The summed E-state index contributed by atoms with van der Waals surface area (Å²) < 4.78 is 0. The molecule has 1 amide bonds. The van der Waals surface area contributed by atoms with Crippen molar-refractivity contribution in [3.63, 3.8) is 0 Å². The fraction of sp³-hybridized carbons (Fsp3) is 0.190. The van der Waals surface area contributed by atoms with E-state index < -0.39 is 0 Å². The van der Waals surface area contributed by atoms with E-state index in [0.29, 0.717) is 5.56 Å². The molecule has 0 aliphatic rings. The van der Waals surface area contributed by atoms with Gasteiger partial charge < -0.3 is 10.3 Å². The molecule has 3 rings (SSSR count). The number of carbonyl (C=O) groups excluding carboxylic acids is 1. The topological polar surface area (TPSA) is 44.9 Å². The van der Waals surface area contributed by atoms with Gasteiger partial charge in [-0.15, -0.1) is 0 Å². The van der Waals surface area contributed by atoms with Crippen molar-refractivity contribution in [2.24, 2.45) is 5.41 Å². The third kappa shape index (κ3) is 3.93. The highest BCUT2D eigenvalue weighted by atomic mass is 16.1. The molecule has 3 heteroatoms. The predicted octanol–water partition coefficient (Wildman–Crippen LogP) is 5.48.